The number of carbonyl (C=O) groups excluding carboxylic acids is 1. The molecule has 17 heavy (non-hydrogen) atoms. The second kappa shape index (κ2) is 4.57. The molecular weight excluding hydrogens is 218 g/mol. The van der Waals surface area contributed by atoms with Gasteiger partial charge in [-0.3, -0.25) is 4.79 Å². The number of hydrogen-bond donors (Lipinski definition) is 3. The SMILES string of the molecule is CNC(=O)C(C)Nc1cc(N)nc(C2CC2)n1. The maximum Gasteiger partial charge on any atom is 0.241 e. The molecule has 1 aliphatic rings. The maximum absolute atomic E-state index is 11.4. The zero-order valence-corrected chi connectivity index (χ0v) is 10.0. The molecule has 1 unspecified atom stereocenters. The summed E-state index contributed by atoms with van der Waals surface area (Å²) in [6.07, 6.45) is 2.24. The second-order valence-electron chi connectivity index (χ2n) is 4.29. The largest absolute Gasteiger partial charge is 0.384 e. The Kier molecular flexibility index (Phi) is 3.12. The number of rotatable bonds is 4. The van der Waals surface area contributed by atoms with E-state index >= 15 is 0 Å². The summed E-state index contributed by atoms with van der Waals surface area (Å²) in [5, 5.41) is 5.59. The molecule has 0 aromatic carbocycles. The third kappa shape index (κ3) is 2.83. The van der Waals surface area contributed by atoms with Crippen molar-refractivity contribution in [2.45, 2.75) is 31.7 Å². The van der Waals surface area contributed by atoms with Gasteiger partial charge in [-0.05, 0) is 19.8 Å². The molecule has 1 fully saturated rings. The minimum absolute atomic E-state index is 0.0878. The smallest absolute Gasteiger partial charge is 0.241 e. The first kappa shape index (κ1) is 11.6. The van der Waals surface area contributed by atoms with E-state index in [4.69, 9.17) is 5.73 Å². The molecule has 92 valence electrons. The highest BCUT2D eigenvalue weighted by molar-refractivity contribution is 5.83. The van der Waals surface area contributed by atoms with Gasteiger partial charge >= 0.3 is 0 Å². The molecule has 6 nitrogen and oxygen atoms in total. The lowest BCUT2D eigenvalue weighted by molar-refractivity contribution is -0.121. The van der Waals surface area contributed by atoms with Crippen LogP contribution in [0.5, 0.6) is 0 Å². The molecule has 1 aromatic rings. The zero-order chi connectivity index (χ0) is 12.4. The van der Waals surface area contributed by atoms with Crippen LogP contribution in [0.3, 0.4) is 0 Å². The molecule has 0 spiro atoms. The highest BCUT2D eigenvalue weighted by Crippen LogP contribution is 2.38. The number of aromatic nitrogens is 2. The Morgan fingerprint density at radius 3 is 2.82 bits per heavy atom. The van der Waals surface area contributed by atoms with E-state index in [0.29, 0.717) is 17.6 Å². The summed E-state index contributed by atoms with van der Waals surface area (Å²) in [5.41, 5.74) is 5.72. The molecular formula is C11H17N5O. The first-order valence-corrected chi connectivity index (χ1v) is 5.72. The van der Waals surface area contributed by atoms with E-state index in [1.165, 1.54) is 0 Å². The number of hydrogen-bond acceptors (Lipinski definition) is 5. The Bertz CT molecular complexity index is 430. The van der Waals surface area contributed by atoms with Crippen LogP contribution in [0.4, 0.5) is 11.6 Å². The molecule has 2 rings (SSSR count). The molecule has 0 radical (unpaired) electrons. The van der Waals surface area contributed by atoms with Crippen molar-refractivity contribution in [1.82, 2.24) is 15.3 Å². The molecule has 0 bridgehead atoms. The lowest BCUT2D eigenvalue weighted by Crippen LogP contribution is -2.35. The number of nitrogens with zero attached hydrogens (tertiary/aromatic N) is 2. The van der Waals surface area contributed by atoms with Gasteiger partial charge in [-0.2, -0.15) is 0 Å². The normalized spacial score (nSPS) is 16.4. The van der Waals surface area contributed by atoms with Crippen LogP contribution >= 0.6 is 0 Å². The predicted molar refractivity (Wildman–Crippen MR) is 65.6 cm³/mol. The van der Waals surface area contributed by atoms with Crippen molar-refractivity contribution >= 4 is 17.5 Å². The topological polar surface area (TPSA) is 92.9 Å². The summed E-state index contributed by atoms with van der Waals surface area (Å²) in [4.78, 5) is 19.9. The van der Waals surface area contributed by atoms with Crippen LogP contribution in [0.15, 0.2) is 6.07 Å². The number of anilines is 2. The fourth-order valence-corrected chi connectivity index (χ4v) is 1.59. The highest BCUT2D eigenvalue weighted by atomic mass is 16.2. The molecule has 1 amide bonds. The Balaban J connectivity index is 2.12. The number of nitrogen functional groups attached to an aromatic ring is 1. The van der Waals surface area contributed by atoms with Crippen molar-refractivity contribution in [2.75, 3.05) is 18.1 Å². The number of nitrogens with two attached hydrogens (primary N) is 1. The Morgan fingerprint density at radius 2 is 2.24 bits per heavy atom. The number of carbonyl (C=O) groups is 1. The maximum atomic E-state index is 11.4. The van der Waals surface area contributed by atoms with Crippen LogP contribution in [-0.4, -0.2) is 29.0 Å². The quantitative estimate of drug-likeness (QED) is 0.706. The molecule has 1 aliphatic carbocycles. The average Bonchev–Trinajstić information content (AvgIpc) is 3.10. The van der Waals surface area contributed by atoms with Gasteiger partial charge in [-0.1, -0.05) is 0 Å². The number of amides is 1. The van der Waals surface area contributed by atoms with Gasteiger partial charge in [0, 0.05) is 19.0 Å². The number of likely N-dealkylation sites (N-methyl/N-ethyl adjacent to an activating group) is 1. The van der Waals surface area contributed by atoms with E-state index in [1.54, 1.807) is 20.0 Å². The van der Waals surface area contributed by atoms with Crippen molar-refractivity contribution in [2.24, 2.45) is 0 Å². The third-order valence-electron chi connectivity index (χ3n) is 2.71. The van der Waals surface area contributed by atoms with E-state index in [1.807, 2.05) is 0 Å². The van der Waals surface area contributed by atoms with Gasteiger partial charge in [0.2, 0.25) is 5.91 Å². The van der Waals surface area contributed by atoms with E-state index < -0.39 is 0 Å². The van der Waals surface area contributed by atoms with Gasteiger partial charge in [-0.15, -0.1) is 0 Å². The van der Waals surface area contributed by atoms with Gasteiger partial charge in [0.1, 0.15) is 23.5 Å². The summed E-state index contributed by atoms with van der Waals surface area (Å²) < 4.78 is 0. The Morgan fingerprint density at radius 1 is 1.53 bits per heavy atom. The minimum atomic E-state index is -0.346. The summed E-state index contributed by atoms with van der Waals surface area (Å²) in [6.45, 7) is 1.77. The first-order valence-electron chi connectivity index (χ1n) is 5.72. The standard InChI is InChI=1S/C11H17N5O/c1-6(11(17)13-2)14-9-5-8(12)15-10(16-9)7-3-4-7/h5-7H,3-4H2,1-2H3,(H,13,17)(H3,12,14,15,16). The van der Waals surface area contributed by atoms with Crippen LogP contribution in [-0.2, 0) is 4.79 Å². The van der Waals surface area contributed by atoms with Gasteiger partial charge in [0.15, 0.2) is 0 Å². The van der Waals surface area contributed by atoms with Crippen LogP contribution in [0.2, 0.25) is 0 Å². The third-order valence-corrected chi connectivity index (χ3v) is 2.71. The van der Waals surface area contributed by atoms with Crippen molar-refractivity contribution in [1.29, 1.82) is 0 Å². The molecule has 1 heterocycles. The van der Waals surface area contributed by atoms with Crippen LogP contribution in [0.25, 0.3) is 0 Å². The van der Waals surface area contributed by atoms with Crippen molar-refractivity contribution in [3.63, 3.8) is 0 Å². The first-order chi connectivity index (χ1) is 8.10. The second-order valence-corrected chi connectivity index (χ2v) is 4.29. The summed E-state index contributed by atoms with van der Waals surface area (Å²) >= 11 is 0. The summed E-state index contributed by atoms with van der Waals surface area (Å²) in [5.74, 6) is 2.17. The van der Waals surface area contributed by atoms with E-state index in [-0.39, 0.29) is 11.9 Å². The molecule has 1 atom stereocenters. The highest BCUT2D eigenvalue weighted by Gasteiger charge is 2.27. The molecule has 0 aliphatic heterocycles. The Labute approximate surface area is 100 Å². The molecule has 4 N–H and O–H groups in total. The molecule has 1 saturated carbocycles. The van der Waals surface area contributed by atoms with Gasteiger partial charge in [0.25, 0.3) is 0 Å². The lowest BCUT2D eigenvalue weighted by Gasteiger charge is -2.13. The predicted octanol–water partition coefficient (Wildman–Crippen LogP) is 0.483. The van der Waals surface area contributed by atoms with Crippen LogP contribution < -0.4 is 16.4 Å². The van der Waals surface area contributed by atoms with Crippen molar-refractivity contribution in [3.05, 3.63) is 11.9 Å². The van der Waals surface area contributed by atoms with Gasteiger partial charge in [-0.25, -0.2) is 9.97 Å². The fraction of sp³-hybridized carbons (Fsp3) is 0.545. The zero-order valence-electron chi connectivity index (χ0n) is 10.0. The minimum Gasteiger partial charge on any atom is -0.384 e. The molecule has 6 heteroatoms. The van der Waals surface area contributed by atoms with Crippen LogP contribution in [0, 0.1) is 0 Å². The summed E-state index contributed by atoms with van der Waals surface area (Å²) in [7, 11) is 1.60. The fourth-order valence-electron chi connectivity index (χ4n) is 1.59. The Hall–Kier alpha value is -1.85. The van der Waals surface area contributed by atoms with Gasteiger partial charge < -0.3 is 16.4 Å². The van der Waals surface area contributed by atoms with E-state index in [2.05, 4.69) is 20.6 Å². The van der Waals surface area contributed by atoms with E-state index in [0.717, 1.165) is 18.7 Å². The summed E-state index contributed by atoms with van der Waals surface area (Å²) in [6, 6.07) is 1.30. The van der Waals surface area contributed by atoms with Crippen LogP contribution in [0.1, 0.15) is 31.5 Å². The monoisotopic (exact) mass is 235 g/mol. The van der Waals surface area contributed by atoms with Crippen molar-refractivity contribution < 1.29 is 4.79 Å². The van der Waals surface area contributed by atoms with E-state index in [9.17, 15) is 4.79 Å². The lowest BCUT2D eigenvalue weighted by atomic mass is 10.3. The molecule has 0 saturated heterocycles. The average molecular weight is 235 g/mol. The number of nitrogens with one attached hydrogen (secondary N) is 2. The van der Waals surface area contributed by atoms with Crippen molar-refractivity contribution in [3.8, 4) is 0 Å². The van der Waals surface area contributed by atoms with Gasteiger partial charge in [0.05, 0.1) is 0 Å². The molecule has 1 aromatic heterocycles.